The van der Waals surface area contributed by atoms with Crippen molar-refractivity contribution in [3.05, 3.63) is 108 Å². The van der Waals surface area contributed by atoms with Crippen LogP contribution in [0.1, 0.15) is 16.7 Å². The summed E-state index contributed by atoms with van der Waals surface area (Å²) in [5.41, 5.74) is 4.00. The van der Waals surface area contributed by atoms with Gasteiger partial charge in [-0.05, 0) is 0 Å². The Hall–Kier alpha value is -0.660. The van der Waals surface area contributed by atoms with E-state index in [1.807, 2.05) is 12.1 Å². The molecular weight excluding hydrogens is 454 g/mol. The molecule has 4 heteroatoms. The SMILES string of the molecule is C[Si](C)(C)C[c-]1cccc1.[Cl-].[Cl-].[Zr+4].c1ccc([CH-]c2ccccc2)cc1. The summed E-state index contributed by atoms with van der Waals surface area (Å²) >= 11 is 0. The van der Waals surface area contributed by atoms with Crippen LogP contribution in [0.25, 0.3) is 0 Å². The average molecular weight is 481 g/mol. The minimum atomic E-state index is -0.862. The van der Waals surface area contributed by atoms with E-state index in [-0.39, 0.29) is 51.0 Å². The zero-order valence-corrected chi connectivity index (χ0v) is 20.6. The van der Waals surface area contributed by atoms with Crippen molar-refractivity contribution in [3.8, 4) is 0 Å². The molecule has 0 saturated carbocycles. The van der Waals surface area contributed by atoms with E-state index in [1.54, 1.807) is 0 Å². The summed E-state index contributed by atoms with van der Waals surface area (Å²) in [5.74, 6) is 0. The van der Waals surface area contributed by atoms with Gasteiger partial charge in [-0.1, -0.05) is 62.1 Å². The zero-order valence-electron chi connectivity index (χ0n) is 15.6. The summed E-state index contributed by atoms with van der Waals surface area (Å²) in [7, 11) is -0.862. The first-order chi connectivity index (χ1) is 11.0. The van der Waals surface area contributed by atoms with Crippen molar-refractivity contribution < 1.29 is 51.0 Å². The molecule has 3 aromatic rings. The molecule has 0 aromatic heterocycles. The summed E-state index contributed by atoms with van der Waals surface area (Å²) in [6.45, 7) is 7.21. The molecule has 0 heterocycles. The first-order valence-corrected chi connectivity index (χ1v) is 11.9. The fraction of sp³-hybridized carbons (Fsp3) is 0.182. The number of hydrogen-bond donors (Lipinski definition) is 0. The Bertz CT molecular complexity index is 625. The molecule has 0 nitrogen and oxygen atoms in total. The first-order valence-electron chi connectivity index (χ1n) is 8.18. The Balaban J connectivity index is 0. The Morgan fingerprint density at radius 1 is 0.692 bits per heavy atom. The number of benzene rings is 2. The van der Waals surface area contributed by atoms with Gasteiger partial charge >= 0.3 is 26.2 Å². The van der Waals surface area contributed by atoms with E-state index < -0.39 is 8.07 Å². The van der Waals surface area contributed by atoms with Crippen LogP contribution in [0.2, 0.25) is 19.6 Å². The smallest absolute Gasteiger partial charge is 1.00 e. The molecule has 0 fully saturated rings. The van der Waals surface area contributed by atoms with Gasteiger partial charge in [0.2, 0.25) is 0 Å². The monoisotopic (exact) mass is 478 g/mol. The van der Waals surface area contributed by atoms with Gasteiger partial charge in [0.05, 0.1) is 0 Å². The van der Waals surface area contributed by atoms with Crippen molar-refractivity contribution in [1.82, 2.24) is 0 Å². The van der Waals surface area contributed by atoms with E-state index >= 15 is 0 Å². The summed E-state index contributed by atoms with van der Waals surface area (Å²) in [6, 6.07) is 30.7. The first kappa shape index (κ1) is 27.6. The van der Waals surface area contributed by atoms with E-state index in [9.17, 15) is 0 Å². The molecular formula is C22H26Cl2SiZr. The van der Waals surface area contributed by atoms with Gasteiger partial charge in [0, 0.05) is 8.07 Å². The van der Waals surface area contributed by atoms with Crippen molar-refractivity contribution in [2.24, 2.45) is 0 Å². The fourth-order valence-electron chi connectivity index (χ4n) is 2.44. The molecule has 3 aromatic carbocycles. The molecule has 0 unspecified atom stereocenters. The van der Waals surface area contributed by atoms with Crippen molar-refractivity contribution in [1.29, 1.82) is 0 Å². The minimum Gasteiger partial charge on any atom is -1.00 e. The predicted octanol–water partition coefficient (Wildman–Crippen LogP) is 0.118. The van der Waals surface area contributed by atoms with Gasteiger partial charge in [0.1, 0.15) is 0 Å². The molecule has 0 aliphatic carbocycles. The molecule has 0 atom stereocenters. The molecule has 0 spiro atoms. The van der Waals surface area contributed by atoms with Crippen LogP contribution in [0.15, 0.2) is 84.9 Å². The van der Waals surface area contributed by atoms with Gasteiger partial charge in [-0.3, -0.25) is 0 Å². The van der Waals surface area contributed by atoms with Crippen molar-refractivity contribution >= 4 is 8.07 Å². The maximum atomic E-state index is 2.40. The van der Waals surface area contributed by atoms with Crippen LogP contribution in [0.3, 0.4) is 0 Å². The quantitative estimate of drug-likeness (QED) is 0.368. The number of hydrogen-bond acceptors (Lipinski definition) is 0. The number of rotatable bonds is 4. The topological polar surface area (TPSA) is 0 Å². The summed E-state index contributed by atoms with van der Waals surface area (Å²) in [5, 5.41) is 0. The largest absolute Gasteiger partial charge is 4.00 e. The molecule has 0 saturated heterocycles. The van der Waals surface area contributed by atoms with Crippen LogP contribution >= 0.6 is 0 Å². The Morgan fingerprint density at radius 2 is 1.08 bits per heavy atom. The predicted molar refractivity (Wildman–Crippen MR) is 104 cm³/mol. The minimum absolute atomic E-state index is 0. The second-order valence-corrected chi connectivity index (χ2v) is 12.5. The third-order valence-corrected chi connectivity index (χ3v) is 4.87. The second kappa shape index (κ2) is 14.4. The van der Waals surface area contributed by atoms with Gasteiger partial charge in [-0.2, -0.15) is 17.7 Å². The van der Waals surface area contributed by atoms with Gasteiger partial charge in [-0.25, -0.2) is 12.1 Å². The van der Waals surface area contributed by atoms with Crippen LogP contribution in [0.4, 0.5) is 0 Å². The normalized spacial score (nSPS) is 9.35. The second-order valence-electron chi connectivity index (χ2n) is 7.00. The third kappa shape index (κ3) is 11.9. The van der Waals surface area contributed by atoms with Gasteiger partial charge in [-0.15, -0.1) is 41.8 Å². The van der Waals surface area contributed by atoms with Crippen molar-refractivity contribution in [2.75, 3.05) is 0 Å². The Labute approximate surface area is 191 Å². The summed E-state index contributed by atoms with van der Waals surface area (Å²) in [6.07, 6.45) is 2.17. The van der Waals surface area contributed by atoms with Crippen LogP contribution in [-0.2, 0) is 32.2 Å². The summed E-state index contributed by atoms with van der Waals surface area (Å²) in [4.78, 5) is 0. The van der Waals surface area contributed by atoms with E-state index in [4.69, 9.17) is 0 Å². The van der Waals surface area contributed by atoms with Crippen molar-refractivity contribution in [3.63, 3.8) is 0 Å². The molecule has 0 N–H and O–H groups in total. The Kier molecular flexibility index (Phi) is 15.3. The molecule has 26 heavy (non-hydrogen) atoms. The third-order valence-electron chi connectivity index (χ3n) is 3.40. The molecule has 0 aliphatic heterocycles. The molecule has 0 bridgehead atoms. The van der Waals surface area contributed by atoms with Gasteiger partial charge in [0.25, 0.3) is 0 Å². The van der Waals surface area contributed by atoms with Crippen LogP contribution in [0, 0.1) is 6.42 Å². The maximum Gasteiger partial charge on any atom is 4.00 e. The summed E-state index contributed by atoms with van der Waals surface area (Å²) < 4.78 is 0. The molecule has 0 radical (unpaired) electrons. The zero-order chi connectivity index (χ0) is 16.5. The van der Waals surface area contributed by atoms with E-state index in [0.717, 1.165) is 0 Å². The van der Waals surface area contributed by atoms with Crippen LogP contribution in [-0.4, -0.2) is 8.07 Å². The van der Waals surface area contributed by atoms with Crippen molar-refractivity contribution in [2.45, 2.75) is 25.7 Å². The maximum absolute atomic E-state index is 2.40. The van der Waals surface area contributed by atoms with E-state index in [1.165, 1.54) is 22.7 Å². The Morgan fingerprint density at radius 3 is 1.42 bits per heavy atom. The average Bonchev–Trinajstić information content (AvgIpc) is 3.01. The van der Waals surface area contributed by atoms with E-state index in [2.05, 4.69) is 98.9 Å². The molecule has 136 valence electrons. The van der Waals surface area contributed by atoms with E-state index in [0.29, 0.717) is 0 Å². The van der Waals surface area contributed by atoms with Crippen LogP contribution in [0.5, 0.6) is 0 Å². The fourth-order valence-corrected chi connectivity index (χ4v) is 3.90. The van der Waals surface area contributed by atoms with Gasteiger partial charge in [0.15, 0.2) is 0 Å². The standard InChI is InChI=1S/C13H11.C9H15Si.2ClH.Zr/c1-3-7-12(8-4-1)11-13-9-5-2-6-10-13;1-10(2,3)8-9-6-4-5-7-9;;;/h1-11H;4-7H,8H2,1-3H3;2*1H;/q2*-1;;;+4/p-2. The van der Waals surface area contributed by atoms with Gasteiger partial charge < -0.3 is 24.8 Å². The molecule has 0 amide bonds. The van der Waals surface area contributed by atoms with Crippen LogP contribution < -0.4 is 24.8 Å². The number of halogens is 2. The molecule has 0 aliphatic rings. The molecule has 3 rings (SSSR count).